The van der Waals surface area contributed by atoms with Crippen molar-refractivity contribution in [1.29, 1.82) is 5.26 Å². The summed E-state index contributed by atoms with van der Waals surface area (Å²) in [6, 6.07) is 3.34. The first kappa shape index (κ1) is 14.5. The molecule has 0 radical (unpaired) electrons. The lowest BCUT2D eigenvalue weighted by Crippen LogP contribution is -2.16. The van der Waals surface area contributed by atoms with Crippen LogP contribution in [0.25, 0.3) is 0 Å². The summed E-state index contributed by atoms with van der Waals surface area (Å²) in [4.78, 5) is 11.3. The minimum Gasteiger partial charge on any atom is -0.468 e. The molecule has 7 heteroatoms. The fourth-order valence-electron chi connectivity index (χ4n) is 1.44. The largest absolute Gasteiger partial charge is 0.468 e. The molecule has 1 unspecified atom stereocenters. The van der Waals surface area contributed by atoms with E-state index in [0.29, 0.717) is 0 Å². The quantitative estimate of drug-likeness (QED) is 0.802. The monoisotopic (exact) mass is 321 g/mol. The van der Waals surface area contributed by atoms with E-state index in [1.165, 1.54) is 6.07 Å². The highest BCUT2D eigenvalue weighted by Gasteiger charge is 2.30. The van der Waals surface area contributed by atoms with Crippen LogP contribution in [-0.2, 0) is 9.53 Å². The van der Waals surface area contributed by atoms with E-state index in [1.807, 2.05) is 0 Å². The molecule has 18 heavy (non-hydrogen) atoms. The molecule has 0 aliphatic carbocycles. The molecular formula is C11H7BrF3NO2. The number of alkyl halides is 2. The number of nitrogens with zero attached hydrogens (tertiary/aromatic N) is 1. The highest BCUT2D eigenvalue weighted by Crippen LogP contribution is 2.33. The summed E-state index contributed by atoms with van der Waals surface area (Å²) in [5, 5.41) is 8.81. The van der Waals surface area contributed by atoms with Crippen molar-refractivity contribution in [2.75, 3.05) is 7.11 Å². The van der Waals surface area contributed by atoms with Crippen LogP contribution < -0.4 is 0 Å². The topological polar surface area (TPSA) is 50.1 Å². The average molecular weight is 322 g/mol. The lowest BCUT2D eigenvalue weighted by atomic mass is 9.95. The Balaban J connectivity index is 3.47. The minimum absolute atomic E-state index is 0.0978. The van der Waals surface area contributed by atoms with Gasteiger partial charge in [-0.15, -0.1) is 0 Å². The van der Waals surface area contributed by atoms with Crippen molar-refractivity contribution in [2.45, 2.75) is 12.3 Å². The van der Waals surface area contributed by atoms with Gasteiger partial charge in [-0.25, -0.2) is 13.2 Å². The van der Waals surface area contributed by atoms with Gasteiger partial charge in [0.05, 0.1) is 13.2 Å². The van der Waals surface area contributed by atoms with Crippen molar-refractivity contribution >= 4 is 21.9 Å². The molecule has 0 aromatic heterocycles. The normalized spacial score (nSPS) is 12.1. The minimum atomic E-state index is -3.01. The van der Waals surface area contributed by atoms with E-state index in [-0.39, 0.29) is 4.47 Å². The predicted molar refractivity (Wildman–Crippen MR) is 59.4 cm³/mol. The SMILES string of the molecule is COC(=O)C(C#N)c1c(F)cc(Br)cc1C(F)F. The van der Waals surface area contributed by atoms with E-state index in [2.05, 4.69) is 20.7 Å². The Kier molecular flexibility index (Phi) is 4.73. The molecule has 0 aliphatic heterocycles. The Labute approximate surface area is 109 Å². The third-order valence-corrected chi connectivity index (χ3v) is 2.67. The predicted octanol–water partition coefficient (Wildman–Crippen LogP) is 3.31. The number of ether oxygens (including phenoxy) is 1. The van der Waals surface area contributed by atoms with Crippen LogP contribution in [0, 0.1) is 17.1 Å². The van der Waals surface area contributed by atoms with Crippen molar-refractivity contribution < 1.29 is 22.7 Å². The Hall–Kier alpha value is -1.55. The van der Waals surface area contributed by atoms with Crippen molar-refractivity contribution in [3.05, 3.63) is 33.5 Å². The fourth-order valence-corrected chi connectivity index (χ4v) is 1.89. The molecule has 0 heterocycles. The summed E-state index contributed by atoms with van der Waals surface area (Å²) < 4.78 is 43.7. The summed E-state index contributed by atoms with van der Waals surface area (Å²) >= 11 is 2.87. The molecule has 0 bridgehead atoms. The second-order valence-corrected chi connectivity index (χ2v) is 4.19. The number of carbonyl (C=O) groups is 1. The number of esters is 1. The first-order valence-electron chi connectivity index (χ1n) is 4.66. The molecule has 0 fully saturated rings. The molecule has 96 valence electrons. The van der Waals surface area contributed by atoms with E-state index < -0.39 is 35.3 Å². The van der Waals surface area contributed by atoms with Gasteiger partial charge in [0, 0.05) is 15.6 Å². The smallest absolute Gasteiger partial charge is 0.327 e. The van der Waals surface area contributed by atoms with Crippen molar-refractivity contribution in [2.24, 2.45) is 0 Å². The van der Waals surface area contributed by atoms with Gasteiger partial charge in [0.1, 0.15) is 5.82 Å². The number of benzene rings is 1. The molecule has 1 aromatic carbocycles. The zero-order chi connectivity index (χ0) is 13.9. The third-order valence-electron chi connectivity index (χ3n) is 2.22. The fraction of sp³-hybridized carbons (Fsp3) is 0.273. The van der Waals surface area contributed by atoms with E-state index in [4.69, 9.17) is 5.26 Å². The summed E-state index contributed by atoms with van der Waals surface area (Å²) in [5.74, 6) is -3.86. The summed E-state index contributed by atoms with van der Waals surface area (Å²) in [7, 11) is 0.992. The first-order chi connectivity index (χ1) is 8.42. The molecule has 1 atom stereocenters. The molecular weight excluding hydrogens is 315 g/mol. The van der Waals surface area contributed by atoms with Crippen molar-refractivity contribution in [3.63, 3.8) is 0 Å². The lowest BCUT2D eigenvalue weighted by molar-refractivity contribution is -0.141. The molecule has 0 saturated carbocycles. The van der Waals surface area contributed by atoms with Crippen LogP contribution in [0.3, 0.4) is 0 Å². The van der Waals surface area contributed by atoms with Crippen LogP contribution in [-0.4, -0.2) is 13.1 Å². The first-order valence-corrected chi connectivity index (χ1v) is 5.46. The van der Waals surface area contributed by atoms with Gasteiger partial charge in [-0.3, -0.25) is 4.79 Å². The van der Waals surface area contributed by atoms with Gasteiger partial charge in [0.15, 0.2) is 5.92 Å². The van der Waals surface area contributed by atoms with E-state index in [1.54, 1.807) is 0 Å². The Morgan fingerprint density at radius 3 is 2.56 bits per heavy atom. The van der Waals surface area contributed by atoms with Gasteiger partial charge in [-0.2, -0.15) is 5.26 Å². The number of halogens is 4. The zero-order valence-corrected chi connectivity index (χ0v) is 10.7. The molecule has 1 rings (SSSR count). The van der Waals surface area contributed by atoms with Gasteiger partial charge < -0.3 is 4.74 Å². The van der Waals surface area contributed by atoms with Crippen molar-refractivity contribution in [3.8, 4) is 6.07 Å². The number of rotatable bonds is 3. The average Bonchev–Trinajstić information content (AvgIpc) is 2.31. The highest BCUT2D eigenvalue weighted by molar-refractivity contribution is 9.10. The van der Waals surface area contributed by atoms with Gasteiger partial charge >= 0.3 is 5.97 Å². The van der Waals surface area contributed by atoms with Gasteiger partial charge in [-0.1, -0.05) is 15.9 Å². The Morgan fingerprint density at radius 1 is 1.50 bits per heavy atom. The maximum absolute atomic E-state index is 13.7. The summed E-state index contributed by atoms with van der Waals surface area (Å²) in [6.07, 6.45) is -3.01. The third kappa shape index (κ3) is 2.82. The van der Waals surface area contributed by atoms with E-state index in [0.717, 1.165) is 19.2 Å². The van der Waals surface area contributed by atoms with Crippen LogP contribution in [0.1, 0.15) is 23.5 Å². The molecule has 0 amide bonds. The number of hydrogen-bond acceptors (Lipinski definition) is 3. The van der Waals surface area contributed by atoms with E-state index in [9.17, 15) is 18.0 Å². The maximum Gasteiger partial charge on any atom is 0.327 e. The number of methoxy groups -OCH3 is 1. The molecule has 0 N–H and O–H groups in total. The second-order valence-electron chi connectivity index (χ2n) is 3.28. The highest BCUT2D eigenvalue weighted by atomic mass is 79.9. The number of carbonyl (C=O) groups excluding carboxylic acids is 1. The maximum atomic E-state index is 13.7. The Morgan fingerprint density at radius 2 is 2.11 bits per heavy atom. The van der Waals surface area contributed by atoms with Gasteiger partial charge in [-0.05, 0) is 12.1 Å². The molecule has 0 aliphatic rings. The van der Waals surface area contributed by atoms with Crippen LogP contribution in [0.2, 0.25) is 0 Å². The molecule has 1 aromatic rings. The van der Waals surface area contributed by atoms with E-state index >= 15 is 0 Å². The summed E-state index contributed by atoms with van der Waals surface area (Å²) in [6.45, 7) is 0. The van der Waals surface area contributed by atoms with Gasteiger partial charge in [0.2, 0.25) is 0 Å². The standard InChI is InChI=1S/C11H7BrF3NO2/c1-18-11(17)7(4-16)9-6(10(14)15)2-5(12)3-8(9)13/h2-3,7,10H,1H3. The number of nitriles is 1. The summed E-state index contributed by atoms with van der Waals surface area (Å²) in [5.41, 5.74) is -1.36. The van der Waals surface area contributed by atoms with Crippen LogP contribution in [0.5, 0.6) is 0 Å². The lowest BCUT2D eigenvalue weighted by Gasteiger charge is -2.14. The van der Waals surface area contributed by atoms with Gasteiger partial charge in [0.25, 0.3) is 6.43 Å². The van der Waals surface area contributed by atoms with Crippen molar-refractivity contribution in [1.82, 2.24) is 0 Å². The molecule has 0 spiro atoms. The zero-order valence-electron chi connectivity index (χ0n) is 9.08. The molecule has 3 nitrogen and oxygen atoms in total. The molecule has 0 saturated heterocycles. The van der Waals surface area contributed by atoms with Crippen LogP contribution in [0.15, 0.2) is 16.6 Å². The van der Waals surface area contributed by atoms with Crippen LogP contribution in [0.4, 0.5) is 13.2 Å². The number of hydrogen-bond donors (Lipinski definition) is 0. The second kappa shape index (κ2) is 5.87. The van der Waals surface area contributed by atoms with Crippen LogP contribution >= 0.6 is 15.9 Å². The Bertz CT molecular complexity index is 514.